The van der Waals surface area contributed by atoms with E-state index < -0.39 is 0 Å². The summed E-state index contributed by atoms with van der Waals surface area (Å²) in [6.07, 6.45) is 4.23. The van der Waals surface area contributed by atoms with E-state index in [0.29, 0.717) is 27.5 Å². The van der Waals surface area contributed by atoms with Crippen molar-refractivity contribution in [3.63, 3.8) is 0 Å². The monoisotopic (exact) mass is 327 g/mol. The molecule has 2 atom stereocenters. The molecule has 1 aliphatic heterocycles. The summed E-state index contributed by atoms with van der Waals surface area (Å²) in [4.78, 5) is 4.00. The molecule has 0 bridgehead atoms. The van der Waals surface area contributed by atoms with Crippen molar-refractivity contribution in [2.24, 2.45) is 0 Å². The lowest BCUT2D eigenvalue weighted by Gasteiger charge is -2.32. The van der Waals surface area contributed by atoms with E-state index in [0.717, 1.165) is 18.7 Å². The van der Waals surface area contributed by atoms with Gasteiger partial charge in [0.1, 0.15) is 17.7 Å². The lowest BCUT2D eigenvalue weighted by molar-refractivity contribution is 0.121. The summed E-state index contributed by atoms with van der Waals surface area (Å²) in [6, 6.07) is 5.88. The van der Waals surface area contributed by atoms with Gasteiger partial charge in [-0.25, -0.2) is 4.98 Å². The molecule has 1 aromatic heterocycles. The lowest BCUT2D eigenvalue weighted by Crippen LogP contribution is -2.63. The second-order valence-electron chi connectivity index (χ2n) is 5.08. The Morgan fingerprint density at radius 1 is 1.43 bits per heavy atom. The summed E-state index contributed by atoms with van der Waals surface area (Å²) in [5.74, 6) is 0. The highest BCUT2D eigenvalue weighted by Crippen LogP contribution is 2.33. The van der Waals surface area contributed by atoms with Crippen LogP contribution in [0.5, 0.6) is 0 Å². The molecule has 0 amide bonds. The predicted molar refractivity (Wildman–Crippen MR) is 83.5 cm³/mol. The first-order valence-electron chi connectivity index (χ1n) is 6.82. The van der Waals surface area contributed by atoms with Gasteiger partial charge < -0.3 is 0 Å². The molecule has 1 fully saturated rings. The molecule has 6 nitrogen and oxygen atoms in total. The minimum Gasteiger partial charge on any atom is -0.223 e. The number of hydrogen-bond acceptors (Lipinski definition) is 4. The van der Waals surface area contributed by atoms with E-state index in [1.165, 1.54) is 6.33 Å². The highest BCUT2D eigenvalue weighted by atomic mass is 35.5. The summed E-state index contributed by atoms with van der Waals surface area (Å²) in [6.45, 7) is 3.54. The molecule has 1 saturated heterocycles. The first-order valence-corrected chi connectivity index (χ1v) is 7.57. The van der Waals surface area contributed by atoms with E-state index >= 15 is 0 Å². The fraction of sp³-hybridized carbons (Fsp3) is 0.385. The molecule has 2 unspecified atom stereocenters. The first-order chi connectivity index (χ1) is 10.1. The summed E-state index contributed by atoms with van der Waals surface area (Å²) in [5, 5.41) is 5.42. The maximum atomic E-state index is 6.40. The van der Waals surface area contributed by atoms with Crippen LogP contribution in [0.3, 0.4) is 0 Å². The SMILES string of the molecule is CCC1CN[N+](Cn2cncn2)(c2ccc(Cl)cc2Cl)N1. The number of quaternary nitrogens is 1. The third kappa shape index (κ3) is 2.90. The Kier molecular flexibility index (Phi) is 4.14. The van der Waals surface area contributed by atoms with Crippen LogP contribution in [0, 0.1) is 0 Å². The van der Waals surface area contributed by atoms with Gasteiger partial charge in [0, 0.05) is 11.1 Å². The minimum absolute atomic E-state index is 0.317. The zero-order valence-corrected chi connectivity index (χ0v) is 13.1. The van der Waals surface area contributed by atoms with E-state index in [4.69, 9.17) is 23.2 Å². The van der Waals surface area contributed by atoms with Gasteiger partial charge >= 0.3 is 0 Å². The van der Waals surface area contributed by atoms with E-state index in [2.05, 4.69) is 27.9 Å². The molecular formula is C13H17Cl2N6+. The van der Waals surface area contributed by atoms with Gasteiger partial charge in [0.05, 0.1) is 12.6 Å². The Hall–Kier alpha value is -1.18. The van der Waals surface area contributed by atoms with Crippen LogP contribution in [0.4, 0.5) is 5.69 Å². The molecule has 0 saturated carbocycles. The highest BCUT2D eigenvalue weighted by Gasteiger charge is 2.42. The number of nitrogens with zero attached hydrogens (tertiary/aromatic N) is 4. The van der Waals surface area contributed by atoms with Crippen molar-refractivity contribution in [1.82, 2.24) is 30.3 Å². The van der Waals surface area contributed by atoms with E-state index in [1.807, 2.05) is 12.1 Å². The Balaban J connectivity index is 1.99. The molecule has 3 rings (SSSR count). The molecule has 21 heavy (non-hydrogen) atoms. The zero-order valence-electron chi connectivity index (χ0n) is 11.6. The molecule has 0 aliphatic carbocycles. The van der Waals surface area contributed by atoms with E-state index in [9.17, 15) is 0 Å². The van der Waals surface area contributed by atoms with Crippen LogP contribution in [0.25, 0.3) is 0 Å². The van der Waals surface area contributed by atoms with Crippen molar-refractivity contribution >= 4 is 28.9 Å². The van der Waals surface area contributed by atoms with Crippen LogP contribution in [-0.4, -0.2) is 27.4 Å². The van der Waals surface area contributed by atoms with Crippen molar-refractivity contribution in [2.75, 3.05) is 6.54 Å². The molecule has 2 aromatic rings. The normalized spacial score (nSPS) is 25.4. The Morgan fingerprint density at radius 2 is 2.29 bits per heavy atom. The number of aromatic nitrogens is 3. The minimum atomic E-state index is 0.317. The van der Waals surface area contributed by atoms with Crippen LogP contribution >= 0.6 is 23.2 Å². The molecule has 1 aliphatic rings. The van der Waals surface area contributed by atoms with Crippen LogP contribution in [0.1, 0.15) is 13.3 Å². The van der Waals surface area contributed by atoms with Gasteiger partial charge in [-0.05, 0) is 18.6 Å². The summed E-state index contributed by atoms with van der Waals surface area (Å²) in [5.41, 5.74) is 7.99. The van der Waals surface area contributed by atoms with Crippen LogP contribution in [-0.2, 0) is 6.67 Å². The van der Waals surface area contributed by atoms with E-state index in [1.54, 1.807) is 17.1 Å². The van der Waals surface area contributed by atoms with Crippen molar-refractivity contribution < 1.29 is 0 Å². The molecule has 0 radical (unpaired) electrons. The van der Waals surface area contributed by atoms with Crippen molar-refractivity contribution in [1.29, 1.82) is 0 Å². The smallest absolute Gasteiger partial charge is 0.216 e. The second kappa shape index (κ2) is 5.90. The average Bonchev–Trinajstić information content (AvgIpc) is 3.09. The highest BCUT2D eigenvalue weighted by molar-refractivity contribution is 6.36. The predicted octanol–water partition coefficient (Wildman–Crippen LogP) is 2.35. The fourth-order valence-electron chi connectivity index (χ4n) is 2.54. The first kappa shape index (κ1) is 14.7. The average molecular weight is 328 g/mol. The van der Waals surface area contributed by atoms with Crippen LogP contribution < -0.4 is 15.6 Å². The third-order valence-electron chi connectivity index (χ3n) is 3.65. The standard InChI is InChI=1S/C13H17Cl2N6/c1-2-11-6-18-21(19-11,9-20-8-16-7-17-20)13-4-3-10(14)5-12(13)15/h3-5,7-8,11,18-19H,2,6,9H2,1H3/q+1. The Labute approximate surface area is 133 Å². The summed E-state index contributed by atoms with van der Waals surface area (Å²) >= 11 is 12.4. The van der Waals surface area contributed by atoms with Gasteiger partial charge in [-0.3, -0.25) is 0 Å². The van der Waals surface area contributed by atoms with Crippen molar-refractivity contribution in [2.45, 2.75) is 26.1 Å². The van der Waals surface area contributed by atoms with Crippen LogP contribution in [0.2, 0.25) is 10.0 Å². The van der Waals surface area contributed by atoms with Gasteiger partial charge in [-0.1, -0.05) is 30.1 Å². The summed E-state index contributed by atoms with van der Waals surface area (Å²) < 4.78 is 2.08. The van der Waals surface area contributed by atoms with Gasteiger partial charge in [0.25, 0.3) is 0 Å². The lowest BCUT2D eigenvalue weighted by atomic mass is 10.2. The Bertz CT molecular complexity index is 617. The van der Waals surface area contributed by atoms with E-state index in [-0.39, 0.29) is 0 Å². The number of halogens is 2. The van der Waals surface area contributed by atoms with Gasteiger partial charge in [0.15, 0.2) is 5.69 Å². The molecule has 2 N–H and O–H groups in total. The number of rotatable bonds is 4. The maximum Gasteiger partial charge on any atom is 0.216 e. The number of benzene rings is 1. The van der Waals surface area contributed by atoms with Crippen molar-refractivity contribution in [3.05, 3.63) is 40.9 Å². The van der Waals surface area contributed by atoms with Gasteiger partial charge in [-0.2, -0.15) is 9.78 Å². The van der Waals surface area contributed by atoms with Crippen LogP contribution in [0.15, 0.2) is 30.9 Å². The molecule has 2 heterocycles. The number of hydrogen-bond donors (Lipinski definition) is 2. The maximum absolute atomic E-state index is 6.40. The van der Waals surface area contributed by atoms with Gasteiger partial charge in [0.2, 0.25) is 6.67 Å². The quantitative estimate of drug-likeness (QED) is 0.846. The topological polar surface area (TPSA) is 54.8 Å². The fourth-order valence-corrected chi connectivity index (χ4v) is 3.09. The third-order valence-corrected chi connectivity index (χ3v) is 4.19. The number of nitrogens with one attached hydrogen (secondary N) is 2. The summed E-state index contributed by atoms with van der Waals surface area (Å²) in [7, 11) is 0. The largest absolute Gasteiger partial charge is 0.223 e. The Morgan fingerprint density at radius 3 is 2.90 bits per heavy atom. The zero-order chi connectivity index (χ0) is 14.9. The molecule has 112 valence electrons. The van der Waals surface area contributed by atoms with Gasteiger partial charge in [-0.15, -0.1) is 15.6 Å². The molecular weight excluding hydrogens is 311 g/mol. The molecule has 1 aromatic carbocycles. The molecule has 8 heteroatoms. The molecule has 0 spiro atoms. The van der Waals surface area contributed by atoms with Crippen molar-refractivity contribution in [3.8, 4) is 0 Å². The second-order valence-corrected chi connectivity index (χ2v) is 5.92.